The normalized spacial score (nSPS) is 14.1. The van der Waals surface area contributed by atoms with E-state index in [-0.39, 0.29) is 28.1 Å². The van der Waals surface area contributed by atoms with Crippen LogP contribution >= 0.6 is 23.2 Å². The van der Waals surface area contributed by atoms with E-state index in [1.807, 2.05) is 42.5 Å². The van der Waals surface area contributed by atoms with Crippen molar-refractivity contribution in [2.24, 2.45) is 0 Å². The van der Waals surface area contributed by atoms with Crippen molar-refractivity contribution < 1.29 is 14.3 Å². The Hall–Kier alpha value is -2.76. The smallest absolute Gasteiger partial charge is 0.259 e. The number of benzene rings is 3. The van der Waals surface area contributed by atoms with E-state index in [4.69, 9.17) is 27.9 Å². The van der Waals surface area contributed by atoms with Crippen molar-refractivity contribution in [1.29, 1.82) is 0 Å². The number of halogens is 2. The third-order valence-electron chi connectivity index (χ3n) is 5.35. The predicted octanol–water partition coefficient (Wildman–Crippen LogP) is 4.75. The van der Waals surface area contributed by atoms with E-state index in [1.54, 1.807) is 21.9 Å². The molecule has 3 aromatic carbocycles. The topological polar surface area (TPSA) is 49.9 Å². The molecule has 3 aromatic rings. The fourth-order valence-electron chi connectivity index (χ4n) is 3.79. The maximum absolute atomic E-state index is 13.1. The molecule has 0 saturated carbocycles. The Kier molecular flexibility index (Phi) is 5.84. The number of fused-ring (bicyclic) bond motifs is 1. The molecule has 1 aliphatic heterocycles. The maximum Gasteiger partial charge on any atom is 0.259 e. The summed E-state index contributed by atoms with van der Waals surface area (Å²) in [5.41, 5.74) is 0.924. The lowest BCUT2D eigenvalue weighted by Gasteiger charge is -2.35. The quantitative estimate of drug-likeness (QED) is 0.587. The van der Waals surface area contributed by atoms with Crippen molar-refractivity contribution >= 4 is 45.8 Å². The Morgan fingerprint density at radius 3 is 2.10 bits per heavy atom. The molecule has 5 nitrogen and oxygen atoms in total. The molecule has 1 fully saturated rings. The second-order valence-electron chi connectivity index (χ2n) is 7.05. The zero-order valence-corrected chi connectivity index (χ0v) is 17.9. The molecule has 0 aliphatic carbocycles. The summed E-state index contributed by atoms with van der Waals surface area (Å²) in [6.07, 6.45) is 0. The predicted molar refractivity (Wildman–Crippen MR) is 119 cm³/mol. The third kappa shape index (κ3) is 3.71. The lowest BCUT2D eigenvalue weighted by Crippen LogP contribution is -2.50. The molecule has 0 atom stereocenters. The molecular weight excluding hydrogens is 423 g/mol. The molecule has 0 aromatic heterocycles. The zero-order chi connectivity index (χ0) is 21.3. The summed E-state index contributed by atoms with van der Waals surface area (Å²) >= 11 is 12.4. The summed E-state index contributed by atoms with van der Waals surface area (Å²) in [6, 6.07) is 16.7. The Morgan fingerprint density at radius 1 is 0.800 bits per heavy atom. The minimum Gasteiger partial charge on any atom is -0.494 e. The number of nitrogens with zero attached hydrogens (tertiary/aromatic N) is 2. The average molecular weight is 443 g/mol. The van der Waals surface area contributed by atoms with Gasteiger partial charge in [-0.1, -0.05) is 59.6 Å². The highest BCUT2D eigenvalue weighted by atomic mass is 35.5. The van der Waals surface area contributed by atoms with Gasteiger partial charge in [0, 0.05) is 31.7 Å². The number of piperazine rings is 1. The molecule has 0 unspecified atom stereocenters. The van der Waals surface area contributed by atoms with Gasteiger partial charge in [-0.2, -0.15) is 0 Å². The number of rotatable bonds is 3. The minimum absolute atomic E-state index is 0.0303. The summed E-state index contributed by atoms with van der Waals surface area (Å²) < 4.78 is 5.30. The molecule has 1 saturated heterocycles. The van der Waals surface area contributed by atoms with Gasteiger partial charge in [-0.15, -0.1) is 0 Å². The van der Waals surface area contributed by atoms with E-state index < -0.39 is 0 Å². The van der Waals surface area contributed by atoms with Crippen LogP contribution in [0.4, 0.5) is 0 Å². The SMILES string of the molecule is COc1c(Cl)ccc(Cl)c1C(=O)N1CCN(C(=O)c2cccc3ccccc23)CC1. The number of carbonyl (C=O) groups excluding carboxylic acids is 2. The molecule has 7 heteroatoms. The van der Waals surface area contributed by atoms with Gasteiger partial charge >= 0.3 is 0 Å². The molecule has 0 radical (unpaired) electrons. The number of hydrogen-bond acceptors (Lipinski definition) is 3. The molecular formula is C23H20Cl2N2O3. The van der Waals surface area contributed by atoms with E-state index in [0.717, 1.165) is 10.8 Å². The van der Waals surface area contributed by atoms with Crippen LogP contribution in [-0.2, 0) is 0 Å². The summed E-state index contributed by atoms with van der Waals surface area (Å²) in [6.45, 7) is 1.69. The molecule has 4 rings (SSSR count). The maximum atomic E-state index is 13.1. The number of methoxy groups -OCH3 is 1. The Bertz CT molecular complexity index is 1120. The lowest BCUT2D eigenvalue weighted by atomic mass is 10.0. The highest BCUT2D eigenvalue weighted by molar-refractivity contribution is 6.37. The van der Waals surface area contributed by atoms with Crippen LogP contribution in [0.25, 0.3) is 10.8 Å². The number of carbonyl (C=O) groups is 2. The van der Waals surface area contributed by atoms with E-state index >= 15 is 0 Å². The van der Waals surface area contributed by atoms with Gasteiger partial charge in [0.05, 0.1) is 17.2 Å². The fourth-order valence-corrected chi connectivity index (χ4v) is 4.25. The van der Waals surface area contributed by atoms with Gasteiger partial charge in [0.15, 0.2) is 5.75 Å². The molecule has 1 heterocycles. The van der Waals surface area contributed by atoms with Gasteiger partial charge in [0.2, 0.25) is 0 Å². The first kappa shape index (κ1) is 20.5. The fraction of sp³-hybridized carbons (Fsp3) is 0.217. The van der Waals surface area contributed by atoms with E-state index in [2.05, 4.69) is 0 Å². The van der Waals surface area contributed by atoms with Crippen LogP contribution in [0.5, 0.6) is 5.75 Å². The first-order valence-electron chi connectivity index (χ1n) is 9.59. The van der Waals surface area contributed by atoms with Crippen LogP contribution in [-0.4, -0.2) is 54.9 Å². The van der Waals surface area contributed by atoms with Crippen LogP contribution in [0.15, 0.2) is 54.6 Å². The van der Waals surface area contributed by atoms with Crippen molar-refractivity contribution in [2.75, 3.05) is 33.3 Å². The van der Waals surface area contributed by atoms with Gasteiger partial charge in [0.1, 0.15) is 5.56 Å². The molecule has 0 spiro atoms. The Morgan fingerprint density at radius 2 is 1.40 bits per heavy atom. The minimum atomic E-state index is -0.253. The summed E-state index contributed by atoms with van der Waals surface area (Å²) in [4.78, 5) is 29.7. The number of ether oxygens (including phenoxy) is 1. The molecule has 30 heavy (non-hydrogen) atoms. The van der Waals surface area contributed by atoms with Gasteiger partial charge < -0.3 is 14.5 Å². The molecule has 1 aliphatic rings. The van der Waals surface area contributed by atoms with Crippen LogP contribution < -0.4 is 4.74 Å². The highest BCUT2D eigenvalue weighted by Gasteiger charge is 2.29. The van der Waals surface area contributed by atoms with Gasteiger partial charge in [-0.05, 0) is 29.0 Å². The van der Waals surface area contributed by atoms with E-state index in [0.29, 0.717) is 36.8 Å². The van der Waals surface area contributed by atoms with Crippen molar-refractivity contribution in [2.45, 2.75) is 0 Å². The Balaban J connectivity index is 1.51. The monoisotopic (exact) mass is 442 g/mol. The van der Waals surface area contributed by atoms with Crippen LogP contribution in [0.3, 0.4) is 0 Å². The van der Waals surface area contributed by atoms with E-state index in [9.17, 15) is 9.59 Å². The van der Waals surface area contributed by atoms with Crippen LogP contribution in [0, 0.1) is 0 Å². The molecule has 2 amide bonds. The third-order valence-corrected chi connectivity index (χ3v) is 5.96. The second-order valence-corrected chi connectivity index (χ2v) is 7.86. The van der Waals surface area contributed by atoms with Crippen molar-refractivity contribution in [3.05, 3.63) is 75.8 Å². The van der Waals surface area contributed by atoms with Crippen LogP contribution in [0.1, 0.15) is 20.7 Å². The molecule has 0 N–H and O–H groups in total. The van der Waals surface area contributed by atoms with Gasteiger partial charge in [-0.25, -0.2) is 0 Å². The van der Waals surface area contributed by atoms with Crippen molar-refractivity contribution in [1.82, 2.24) is 9.80 Å². The van der Waals surface area contributed by atoms with Crippen LogP contribution in [0.2, 0.25) is 10.0 Å². The summed E-state index contributed by atoms with van der Waals surface area (Å²) in [7, 11) is 1.45. The van der Waals surface area contributed by atoms with Crippen molar-refractivity contribution in [3.8, 4) is 5.75 Å². The largest absolute Gasteiger partial charge is 0.494 e. The van der Waals surface area contributed by atoms with E-state index in [1.165, 1.54) is 7.11 Å². The zero-order valence-electron chi connectivity index (χ0n) is 16.4. The number of hydrogen-bond donors (Lipinski definition) is 0. The molecule has 154 valence electrons. The Labute approximate surface area is 184 Å². The summed E-state index contributed by atoms with van der Waals surface area (Å²) in [5, 5.41) is 2.57. The lowest BCUT2D eigenvalue weighted by molar-refractivity contribution is 0.0535. The van der Waals surface area contributed by atoms with Gasteiger partial charge in [0.25, 0.3) is 11.8 Å². The second kappa shape index (κ2) is 8.54. The number of amides is 2. The molecule has 0 bridgehead atoms. The first-order chi connectivity index (χ1) is 14.5. The average Bonchev–Trinajstić information content (AvgIpc) is 2.79. The summed E-state index contributed by atoms with van der Waals surface area (Å²) in [5.74, 6) is -0.0164. The highest BCUT2D eigenvalue weighted by Crippen LogP contribution is 2.35. The van der Waals surface area contributed by atoms with Crippen molar-refractivity contribution in [3.63, 3.8) is 0 Å². The van der Waals surface area contributed by atoms with Gasteiger partial charge in [-0.3, -0.25) is 9.59 Å². The standard InChI is InChI=1S/C23H20Cl2N2O3/c1-30-21-19(25)10-9-18(24)20(21)23(29)27-13-11-26(12-14-27)22(28)17-8-4-6-15-5-2-3-7-16(15)17/h2-10H,11-14H2,1H3. The first-order valence-corrected chi connectivity index (χ1v) is 10.3.